The van der Waals surface area contributed by atoms with Crippen LogP contribution in [0.4, 0.5) is 15.3 Å². The minimum absolute atomic E-state index is 0.248. The lowest BCUT2D eigenvalue weighted by atomic mass is 10.0. The van der Waals surface area contributed by atoms with Crippen LogP contribution in [-0.4, -0.2) is 36.3 Å². The second-order valence-electron chi connectivity index (χ2n) is 6.56. The first-order chi connectivity index (χ1) is 13.3. The van der Waals surface area contributed by atoms with E-state index < -0.39 is 0 Å². The monoisotopic (exact) mass is 384 g/mol. The second-order valence-corrected chi connectivity index (χ2v) is 7.59. The number of thiazole rings is 1. The van der Waals surface area contributed by atoms with E-state index in [1.807, 2.05) is 24.4 Å². The average molecular weight is 384 g/mol. The lowest BCUT2D eigenvalue weighted by molar-refractivity contribution is 0.123. The molecular weight excluding hydrogens is 363 g/mol. The maximum Gasteiger partial charge on any atom is 0.188 e. The number of pyridine rings is 1. The summed E-state index contributed by atoms with van der Waals surface area (Å²) in [6, 6.07) is 10.6. The number of aromatic nitrogens is 2. The first-order valence-corrected chi connectivity index (χ1v) is 9.80. The molecule has 7 heteroatoms. The third kappa shape index (κ3) is 4.88. The summed E-state index contributed by atoms with van der Waals surface area (Å²) in [4.78, 5) is 9.69. The summed E-state index contributed by atoms with van der Waals surface area (Å²) in [6.45, 7) is 3.44. The van der Waals surface area contributed by atoms with Gasteiger partial charge in [-0.3, -0.25) is 0 Å². The highest BCUT2D eigenvalue weighted by molar-refractivity contribution is 7.18. The molecule has 1 aromatic carbocycles. The smallest absolute Gasteiger partial charge is 0.188 e. The quantitative estimate of drug-likeness (QED) is 0.699. The first kappa shape index (κ1) is 18.0. The van der Waals surface area contributed by atoms with Crippen molar-refractivity contribution in [2.24, 2.45) is 5.92 Å². The molecule has 1 saturated heterocycles. The van der Waals surface area contributed by atoms with Crippen molar-refractivity contribution in [2.45, 2.75) is 6.42 Å². The molecule has 0 bridgehead atoms. The standard InChI is InChI=1S/C20H21FN4OS/c21-17-3-1-2-16(10-17)18-12-24-20(27-18)25-19-9-14(4-5-23-19)8-15-11-22-6-7-26-13-15/h1-5,9-10,12,15,22H,6-8,11,13H2,(H,23,24,25). The summed E-state index contributed by atoms with van der Waals surface area (Å²) < 4.78 is 19.0. The van der Waals surface area contributed by atoms with Gasteiger partial charge in [-0.2, -0.15) is 0 Å². The van der Waals surface area contributed by atoms with Gasteiger partial charge in [-0.1, -0.05) is 23.5 Å². The van der Waals surface area contributed by atoms with Crippen molar-refractivity contribution < 1.29 is 9.13 Å². The van der Waals surface area contributed by atoms with Gasteiger partial charge in [0.2, 0.25) is 0 Å². The molecule has 1 unspecified atom stereocenters. The van der Waals surface area contributed by atoms with Crippen LogP contribution in [0, 0.1) is 11.7 Å². The summed E-state index contributed by atoms with van der Waals surface area (Å²) in [6.07, 6.45) is 4.50. The molecule has 0 aliphatic carbocycles. The van der Waals surface area contributed by atoms with Gasteiger partial charge in [0.1, 0.15) is 11.6 Å². The number of ether oxygens (including phenoxy) is 1. The molecule has 1 aliphatic rings. The average Bonchev–Trinajstić information content (AvgIpc) is 2.98. The Labute approximate surface area is 161 Å². The van der Waals surface area contributed by atoms with E-state index >= 15 is 0 Å². The molecule has 140 valence electrons. The number of rotatable bonds is 5. The SMILES string of the molecule is Fc1cccc(-c2cnc(Nc3cc(CC4CNCCOC4)ccn3)s2)c1. The molecule has 2 N–H and O–H groups in total. The Kier molecular flexibility index (Phi) is 5.72. The maximum absolute atomic E-state index is 13.4. The molecule has 0 radical (unpaired) electrons. The zero-order chi connectivity index (χ0) is 18.5. The van der Waals surface area contributed by atoms with Crippen molar-refractivity contribution in [3.8, 4) is 10.4 Å². The van der Waals surface area contributed by atoms with Crippen molar-refractivity contribution in [1.29, 1.82) is 0 Å². The number of halogens is 1. The van der Waals surface area contributed by atoms with Crippen molar-refractivity contribution in [3.05, 3.63) is 60.2 Å². The molecule has 3 heterocycles. The third-order valence-electron chi connectivity index (χ3n) is 4.41. The summed E-state index contributed by atoms with van der Waals surface area (Å²) >= 11 is 1.47. The zero-order valence-electron chi connectivity index (χ0n) is 14.8. The van der Waals surface area contributed by atoms with Crippen molar-refractivity contribution >= 4 is 22.3 Å². The van der Waals surface area contributed by atoms with Crippen LogP contribution in [0.2, 0.25) is 0 Å². The fourth-order valence-corrected chi connectivity index (χ4v) is 3.93. The normalized spacial score (nSPS) is 17.4. The molecule has 3 aromatic rings. The number of nitrogens with zero attached hydrogens (tertiary/aromatic N) is 2. The van der Waals surface area contributed by atoms with Crippen molar-refractivity contribution in [2.75, 3.05) is 31.6 Å². The molecule has 0 spiro atoms. The fourth-order valence-electron chi connectivity index (χ4n) is 3.11. The van der Waals surface area contributed by atoms with Gasteiger partial charge in [0.05, 0.1) is 18.1 Å². The van der Waals surface area contributed by atoms with Crippen LogP contribution in [0.3, 0.4) is 0 Å². The number of hydrogen-bond donors (Lipinski definition) is 2. The first-order valence-electron chi connectivity index (χ1n) is 8.98. The van der Waals surface area contributed by atoms with Crippen LogP contribution in [-0.2, 0) is 11.2 Å². The number of benzene rings is 1. The molecule has 1 aliphatic heterocycles. The van der Waals surface area contributed by atoms with Crippen LogP contribution < -0.4 is 10.6 Å². The zero-order valence-corrected chi connectivity index (χ0v) is 15.6. The van der Waals surface area contributed by atoms with Gasteiger partial charge in [-0.15, -0.1) is 0 Å². The predicted molar refractivity (Wildman–Crippen MR) is 106 cm³/mol. The highest BCUT2D eigenvalue weighted by Crippen LogP contribution is 2.30. The Bertz CT molecular complexity index is 893. The van der Waals surface area contributed by atoms with Crippen LogP contribution >= 0.6 is 11.3 Å². The summed E-state index contributed by atoms with van der Waals surface area (Å²) in [5.74, 6) is 0.971. The number of anilines is 2. The summed E-state index contributed by atoms with van der Waals surface area (Å²) in [7, 11) is 0. The summed E-state index contributed by atoms with van der Waals surface area (Å²) in [5, 5.41) is 7.39. The Morgan fingerprint density at radius 2 is 2.22 bits per heavy atom. The lowest BCUT2D eigenvalue weighted by Gasteiger charge is -2.14. The van der Waals surface area contributed by atoms with Crippen molar-refractivity contribution in [1.82, 2.24) is 15.3 Å². The van der Waals surface area contributed by atoms with E-state index in [9.17, 15) is 4.39 Å². The topological polar surface area (TPSA) is 59.1 Å². The minimum Gasteiger partial charge on any atom is -0.380 e. The molecule has 1 fully saturated rings. The second kappa shape index (κ2) is 8.56. The van der Waals surface area contributed by atoms with Crippen molar-refractivity contribution in [3.63, 3.8) is 0 Å². The molecular formula is C20H21FN4OS. The molecule has 27 heavy (non-hydrogen) atoms. The Hall–Kier alpha value is -2.35. The van der Waals surface area contributed by atoms with E-state index in [0.717, 1.165) is 54.1 Å². The fraction of sp³-hybridized carbons (Fsp3) is 0.300. The number of hydrogen-bond acceptors (Lipinski definition) is 6. The third-order valence-corrected chi connectivity index (χ3v) is 5.37. The van der Waals surface area contributed by atoms with E-state index in [1.54, 1.807) is 12.3 Å². The molecule has 4 rings (SSSR count). The van der Waals surface area contributed by atoms with Crippen LogP contribution in [0.1, 0.15) is 5.56 Å². The van der Waals surface area contributed by atoms with Gasteiger partial charge in [0.15, 0.2) is 5.13 Å². The van der Waals surface area contributed by atoms with Gasteiger partial charge in [-0.25, -0.2) is 14.4 Å². The number of nitrogens with one attached hydrogen (secondary N) is 2. The van der Waals surface area contributed by atoms with E-state index in [2.05, 4.69) is 20.6 Å². The Morgan fingerprint density at radius 1 is 1.26 bits per heavy atom. The van der Waals surface area contributed by atoms with E-state index in [0.29, 0.717) is 5.92 Å². The highest BCUT2D eigenvalue weighted by atomic mass is 32.1. The van der Waals surface area contributed by atoms with E-state index in [1.165, 1.54) is 29.0 Å². The van der Waals surface area contributed by atoms with E-state index in [-0.39, 0.29) is 5.82 Å². The van der Waals surface area contributed by atoms with Crippen LogP contribution in [0.25, 0.3) is 10.4 Å². The van der Waals surface area contributed by atoms with Gasteiger partial charge in [0.25, 0.3) is 0 Å². The van der Waals surface area contributed by atoms with Crippen LogP contribution in [0.15, 0.2) is 48.8 Å². The largest absolute Gasteiger partial charge is 0.380 e. The summed E-state index contributed by atoms with van der Waals surface area (Å²) in [5.41, 5.74) is 2.04. The molecule has 1 atom stereocenters. The van der Waals surface area contributed by atoms with E-state index in [4.69, 9.17) is 4.74 Å². The molecule has 5 nitrogen and oxygen atoms in total. The van der Waals surface area contributed by atoms with Crippen LogP contribution in [0.5, 0.6) is 0 Å². The highest BCUT2D eigenvalue weighted by Gasteiger charge is 2.13. The van der Waals surface area contributed by atoms with Gasteiger partial charge >= 0.3 is 0 Å². The Morgan fingerprint density at radius 3 is 3.15 bits per heavy atom. The minimum atomic E-state index is -0.248. The van der Waals surface area contributed by atoms with Gasteiger partial charge in [-0.05, 0) is 47.7 Å². The van der Waals surface area contributed by atoms with Gasteiger partial charge in [0, 0.05) is 25.5 Å². The molecule has 0 amide bonds. The predicted octanol–water partition coefficient (Wildman–Crippen LogP) is 3.87. The Balaban J connectivity index is 1.44. The molecule has 2 aromatic heterocycles. The van der Waals surface area contributed by atoms with Gasteiger partial charge < -0.3 is 15.4 Å². The lowest BCUT2D eigenvalue weighted by Crippen LogP contribution is -2.24. The maximum atomic E-state index is 13.4. The molecule has 0 saturated carbocycles.